The summed E-state index contributed by atoms with van der Waals surface area (Å²) in [5.74, 6) is 0.569. The van der Waals surface area contributed by atoms with Crippen molar-refractivity contribution in [2.24, 2.45) is 5.73 Å². The molecule has 0 aliphatic heterocycles. The third kappa shape index (κ3) is 2.68. The van der Waals surface area contributed by atoms with Crippen molar-refractivity contribution in [3.63, 3.8) is 0 Å². The second-order valence-corrected chi connectivity index (χ2v) is 2.75. The van der Waals surface area contributed by atoms with E-state index >= 15 is 0 Å². The maximum absolute atomic E-state index is 8.67. The van der Waals surface area contributed by atoms with Crippen LogP contribution in [0.15, 0.2) is 18.3 Å². The fourth-order valence-electron chi connectivity index (χ4n) is 1.04. The molecular weight excluding hydrogens is 168 g/mol. The van der Waals surface area contributed by atoms with Crippen molar-refractivity contribution in [3.05, 3.63) is 23.9 Å². The molecule has 0 spiro atoms. The molecule has 13 heavy (non-hydrogen) atoms. The summed E-state index contributed by atoms with van der Waals surface area (Å²) in [6.45, 7) is 0.0905. The third-order valence-corrected chi connectivity index (χ3v) is 1.84. The second-order valence-electron chi connectivity index (χ2n) is 2.75. The number of methoxy groups -OCH3 is 1. The number of hydrogen-bond acceptors (Lipinski definition) is 4. The van der Waals surface area contributed by atoms with E-state index in [1.165, 1.54) is 0 Å². The third-order valence-electron chi connectivity index (χ3n) is 1.84. The lowest BCUT2D eigenvalue weighted by atomic mass is 10.1. The van der Waals surface area contributed by atoms with Crippen molar-refractivity contribution in [2.75, 3.05) is 13.7 Å². The summed E-state index contributed by atoms with van der Waals surface area (Å²) in [4.78, 5) is 4.02. The van der Waals surface area contributed by atoms with Crippen LogP contribution in [0.5, 0.6) is 5.88 Å². The molecule has 0 saturated carbocycles. The Kier molecular flexibility index (Phi) is 3.67. The fourth-order valence-corrected chi connectivity index (χ4v) is 1.04. The first-order valence-corrected chi connectivity index (χ1v) is 4.14. The molecule has 0 unspecified atom stereocenters. The van der Waals surface area contributed by atoms with Crippen LogP contribution in [-0.2, 0) is 0 Å². The highest BCUT2D eigenvalue weighted by molar-refractivity contribution is 5.20. The van der Waals surface area contributed by atoms with E-state index in [-0.39, 0.29) is 12.6 Å². The molecule has 0 aliphatic rings. The molecule has 0 aliphatic carbocycles. The van der Waals surface area contributed by atoms with Gasteiger partial charge < -0.3 is 15.6 Å². The van der Waals surface area contributed by atoms with Crippen molar-refractivity contribution in [1.82, 2.24) is 4.98 Å². The molecule has 1 heterocycles. The minimum atomic E-state index is -0.150. The van der Waals surface area contributed by atoms with Crippen LogP contribution in [0.3, 0.4) is 0 Å². The van der Waals surface area contributed by atoms with E-state index in [2.05, 4.69) is 4.98 Å². The van der Waals surface area contributed by atoms with Gasteiger partial charge in [-0.25, -0.2) is 4.98 Å². The van der Waals surface area contributed by atoms with Gasteiger partial charge in [0.1, 0.15) is 0 Å². The molecule has 4 heteroatoms. The standard InChI is InChI=1S/C9H14N2O2/c1-13-9-3-2-7(6-11-9)8(10)4-5-12/h2-3,6,8,12H,4-5,10H2,1H3/t8-/m0/s1. The summed E-state index contributed by atoms with van der Waals surface area (Å²) in [6.07, 6.45) is 2.22. The Morgan fingerprint density at radius 1 is 1.62 bits per heavy atom. The molecule has 0 bridgehead atoms. The number of rotatable bonds is 4. The van der Waals surface area contributed by atoms with E-state index in [1.807, 2.05) is 6.07 Å². The van der Waals surface area contributed by atoms with Crippen LogP contribution in [-0.4, -0.2) is 23.8 Å². The second kappa shape index (κ2) is 4.79. The molecule has 1 aromatic heterocycles. The number of ether oxygens (including phenoxy) is 1. The van der Waals surface area contributed by atoms with E-state index in [0.29, 0.717) is 12.3 Å². The molecule has 0 aromatic carbocycles. The lowest BCUT2D eigenvalue weighted by Crippen LogP contribution is -2.12. The first kappa shape index (κ1) is 9.95. The number of aliphatic hydroxyl groups excluding tert-OH is 1. The molecule has 1 aromatic rings. The Balaban J connectivity index is 2.67. The Hall–Kier alpha value is -1.13. The molecule has 1 rings (SSSR count). The van der Waals surface area contributed by atoms with Gasteiger partial charge in [-0.2, -0.15) is 0 Å². The van der Waals surface area contributed by atoms with Crippen LogP contribution < -0.4 is 10.5 Å². The number of pyridine rings is 1. The van der Waals surface area contributed by atoms with Gasteiger partial charge >= 0.3 is 0 Å². The predicted octanol–water partition coefficient (Wildman–Crippen LogP) is 0.472. The van der Waals surface area contributed by atoms with Crippen molar-refractivity contribution in [2.45, 2.75) is 12.5 Å². The van der Waals surface area contributed by atoms with Crippen LogP contribution in [0.2, 0.25) is 0 Å². The van der Waals surface area contributed by atoms with Gasteiger partial charge in [-0.05, 0) is 12.0 Å². The summed E-state index contributed by atoms with van der Waals surface area (Å²) >= 11 is 0. The highest BCUT2D eigenvalue weighted by Gasteiger charge is 2.05. The predicted molar refractivity (Wildman–Crippen MR) is 49.4 cm³/mol. The van der Waals surface area contributed by atoms with Crippen molar-refractivity contribution in [3.8, 4) is 5.88 Å². The number of aliphatic hydroxyl groups is 1. The highest BCUT2D eigenvalue weighted by Crippen LogP contribution is 2.14. The van der Waals surface area contributed by atoms with Gasteiger partial charge in [0.15, 0.2) is 0 Å². The van der Waals surface area contributed by atoms with Gasteiger partial charge in [-0.3, -0.25) is 0 Å². The van der Waals surface area contributed by atoms with Gasteiger partial charge in [0.2, 0.25) is 5.88 Å². The van der Waals surface area contributed by atoms with Crippen LogP contribution >= 0.6 is 0 Å². The van der Waals surface area contributed by atoms with Gasteiger partial charge in [-0.15, -0.1) is 0 Å². The Morgan fingerprint density at radius 2 is 2.38 bits per heavy atom. The monoisotopic (exact) mass is 182 g/mol. The molecule has 72 valence electrons. The molecular formula is C9H14N2O2. The molecule has 0 fully saturated rings. The van der Waals surface area contributed by atoms with Crippen molar-refractivity contribution in [1.29, 1.82) is 0 Å². The molecule has 0 amide bonds. The van der Waals surface area contributed by atoms with E-state index in [0.717, 1.165) is 5.56 Å². The van der Waals surface area contributed by atoms with E-state index in [9.17, 15) is 0 Å². The first-order valence-electron chi connectivity index (χ1n) is 4.14. The van der Waals surface area contributed by atoms with Crippen molar-refractivity contribution >= 4 is 0 Å². The van der Waals surface area contributed by atoms with Crippen LogP contribution in [0.25, 0.3) is 0 Å². The molecule has 4 nitrogen and oxygen atoms in total. The first-order chi connectivity index (χ1) is 6.27. The fraction of sp³-hybridized carbons (Fsp3) is 0.444. The van der Waals surface area contributed by atoms with Crippen LogP contribution in [0.4, 0.5) is 0 Å². The highest BCUT2D eigenvalue weighted by atomic mass is 16.5. The minimum absolute atomic E-state index is 0.0905. The summed E-state index contributed by atoms with van der Waals surface area (Å²) in [5, 5.41) is 8.67. The zero-order valence-corrected chi connectivity index (χ0v) is 7.60. The van der Waals surface area contributed by atoms with Gasteiger partial charge in [0.05, 0.1) is 7.11 Å². The largest absolute Gasteiger partial charge is 0.481 e. The van der Waals surface area contributed by atoms with E-state index in [4.69, 9.17) is 15.6 Å². The van der Waals surface area contributed by atoms with Crippen molar-refractivity contribution < 1.29 is 9.84 Å². The SMILES string of the molecule is COc1ccc([C@@H](N)CCO)cn1. The topological polar surface area (TPSA) is 68.4 Å². The maximum atomic E-state index is 8.67. The smallest absolute Gasteiger partial charge is 0.212 e. The van der Waals surface area contributed by atoms with Crippen LogP contribution in [0.1, 0.15) is 18.0 Å². The Labute approximate surface area is 77.4 Å². The zero-order valence-electron chi connectivity index (χ0n) is 7.60. The minimum Gasteiger partial charge on any atom is -0.481 e. The molecule has 0 radical (unpaired) electrons. The lowest BCUT2D eigenvalue weighted by Gasteiger charge is -2.09. The number of aromatic nitrogens is 1. The Bertz CT molecular complexity index is 248. The number of hydrogen-bond donors (Lipinski definition) is 2. The lowest BCUT2D eigenvalue weighted by molar-refractivity contribution is 0.276. The van der Waals surface area contributed by atoms with E-state index in [1.54, 1.807) is 19.4 Å². The normalized spacial score (nSPS) is 12.5. The average molecular weight is 182 g/mol. The van der Waals surface area contributed by atoms with Gasteiger partial charge in [0.25, 0.3) is 0 Å². The molecule has 1 atom stereocenters. The summed E-state index contributed by atoms with van der Waals surface area (Å²) in [6, 6.07) is 3.46. The van der Waals surface area contributed by atoms with Gasteiger partial charge in [0, 0.05) is 24.9 Å². The van der Waals surface area contributed by atoms with Crippen LogP contribution in [0, 0.1) is 0 Å². The van der Waals surface area contributed by atoms with E-state index < -0.39 is 0 Å². The van der Waals surface area contributed by atoms with Gasteiger partial charge in [-0.1, -0.05) is 6.07 Å². The molecule has 0 saturated heterocycles. The summed E-state index contributed by atoms with van der Waals surface area (Å²) in [7, 11) is 1.57. The quantitative estimate of drug-likeness (QED) is 0.710. The average Bonchev–Trinajstić information content (AvgIpc) is 2.18. The zero-order chi connectivity index (χ0) is 9.68. The summed E-state index contributed by atoms with van der Waals surface area (Å²) < 4.78 is 4.91. The number of nitrogens with zero attached hydrogens (tertiary/aromatic N) is 1. The molecule has 3 N–H and O–H groups in total. The Morgan fingerprint density at radius 3 is 2.85 bits per heavy atom. The maximum Gasteiger partial charge on any atom is 0.212 e. The number of nitrogens with two attached hydrogens (primary N) is 1. The summed E-state index contributed by atoms with van der Waals surface area (Å²) in [5.41, 5.74) is 6.67.